The van der Waals surface area contributed by atoms with E-state index in [1.165, 1.54) is 4.90 Å². The predicted octanol–water partition coefficient (Wildman–Crippen LogP) is 6.40. The molecule has 8 unspecified atom stereocenters. The number of aliphatic hydroxyl groups is 1. The van der Waals surface area contributed by atoms with E-state index in [0.717, 1.165) is 53.2 Å². The van der Waals surface area contributed by atoms with E-state index in [1.54, 1.807) is 32.9 Å². The van der Waals surface area contributed by atoms with Crippen LogP contribution in [-0.2, 0) is 55.9 Å². The number of ether oxygens (including phenoxy) is 4. The highest BCUT2D eigenvalue weighted by molar-refractivity contribution is 14.1. The van der Waals surface area contributed by atoms with Crippen molar-refractivity contribution < 1.29 is 48.1 Å². The van der Waals surface area contributed by atoms with Crippen molar-refractivity contribution >= 4 is 46.3 Å². The van der Waals surface area contributed by atoms with Gasteiger partial charge in [-0.1, -0.05) is 82.0 Å². The Labute approximate surface area is 368 Å². The van der Waals surface area contributed by atoms with Crippen molar-refractivity contribution in [1.29, 1.82) is 0 Å². The maximum Gasteiger partial charge on any atom is 0.327 e. The van der Waals surface area contributed by atoms with Crippen LogP contribution in [-0.4, -0.2) is 106 Å². The van der Waals surface area contributed by atoms with Crippen molar-refractivity contribution in [2.24, 2.45) is 5.41 Å². The summed E-state index contributed by atoms with van der Waals surface area (Å²) < 4.78 is 26.7. The molecular weight excluding hydrogens is 881 g/mol. The highest BCUT2D eigenvalue weighted by atomic mass is 127. The molecule has 0 radical (unpaired) electrons. The monoisotopic (exact) mass is 945 g/mol. The molecule has 4 fully saturated rings. The highest BCUT2D eigenvalue weighted by Crippen LogP contribution is 2.58. The van der Waals surface area contributed by atoms with Gasteiger partial charge in [0, 0.05) is 42.7 Å². The van der Waals surface area contributed by atoms with Crippen LogP contribution >= 0.6 is 22.6 Å². The molecule has 4 aliphatic rings. The number of carbonyl (C=O) groups excluding carboxylic acids is 4. The number of nitrogens with zero attached hydrogens (tertiary/aromatic N) is 2. The van der Waals surface area contributed by atoms with Crippen LogP contribution < -0.4 is 5.32 Å². The SMILES string of the molecule is CCCCCC1(CCCCC)OC2C3CC4(C(=O)N(C)C(Cc5ccccc5)C(=O)NC(CO)CCC(=O)OC(C)(C)C)C(ON(Cc5cccc(I)c5)C4C(=O)O3)C2O1. The number of carbonyl (C=O) groups is 4. The Morgan fingerprint density at radius 2 is 1.65 bits per heavy atom. The van der Waals surface area contributed by atoms with E-state index < -0.39 is 89.7 Å². The standard InChI is InChI=1S/C46H64IN3O10/c1-7-9-14-23-45(24-15-10-8-2)58-37-35-27-46(39(42(54)56-35)50(60-40(46)38(37)59-45)28-31-19-16-20-32(47)25-31)43(55)49(6)34(26-30-17-12-11-13-18-30)41(53)48-33(29-51)21-22-36(52)57-44(3,4)5/h11-13,16-20,25,33-35,37-40,51H,7-10,14-15,21-24,26-29H2,1-6H3,(H,48,53). The molecule has 1 saturated carbocycles. The van der Waals surface area contributed by atoms with E-state index in [4.69, 9.17) is 23.8 Å². The van der Waals surface area contributed by atoms with Crippen molar-refractivity contribution in [3.8, 4) is 0 Å². The number of amides is 2. The van der Waals surface area contributed by atoms with Crippen molar-refractivity contribution in [2.75, 3.05) is 13.7 Å². The Bertz CT molecular complexity index is 1800. The van der Waals surface area contributed by atoms with Gasteiger partial charge in [-0.15, -0.1) is 0 Å². The predicted molar refractivity (Wildman–Crippen MR) is 232 cm³/mol. The maximum absolute atomic E-state index is 15.7. The zero-order valence-electron chi connectivity index (χ0n) is 36.0. The van der Waals surface area contributed by atoms with Gasteiger partial charge in [-0.25, -0.2) is 0 Å². The summed E-state index contributed by atoms with van der Waals surface area (Å²) in [5.41, 5.74) is -0.471. The van der Waals surface area contributed by atoms with E-state index in [2.05, 4.69) is 41.8 Å². The van der Waals surface area contributed by atoms with Gasteiger partial charge in [-0.05, 0) is 85.9 Å². The molecule has 3 aliphatic heterocycles. The largest absolute Gasteiger partial charge is 0.460 e. The van der Waals surface area contributed by atoms with Gasteiger partial charge >= 0.3 is 11.9 Å². The van der Waals surface area contributed by atoms with Crippen molar-refractivity contribution in [1.82, 2.24) is 15.3 Å². The average molecular weight is 946 g/mol. The first kappa shape index (κ1) is 46.4. The summed E-state index contributed by atoms with van der Waals surface area (Å²) in [5.74, 6) is -2.89. The summed E-state index contributed by atoms with van der Waals surface area (Å²) >= 11 is 2.25. The zero-order valence-corrected chi connectivity index (χ0v) is 38.2. The molecule has 60 heavy (non-hydrogen) atoms. The van der Waals surface area contributed by atoms with Gasteiger partial charge in [0.15, 0.2) is 11.8 Å². The maximum atomic E-state index is 15.7. The van der Waals surface area contributed by atoms with E-state index in [-0.39, 0.29) is 32.2 Å². The molecule has 3 heterocycles. The first-order valence-electron chi connectivity index (χ1n) is 21.8. The molecular formula is C46H64IN3O10. The second kappa shape index (κ2) is 19.9. The van der Waals surface area contributed by atoms with E-state index in [9.17, 15) is 19.5 Å². The Kier molecular flexibility index (Phi) is 15.4. The topological polar surface area (TPSA) is 153 Å². The summed E-state index contributed by atoms with van der Waals surface area (Å²) in [6, 6.07) is 14.3. The molecule has 3 saturated heterocycles. The second-order valence-electron chi connectivity index (χ2n) is 18.0. The first-order chi connectivity index (χ1) is 28.6. The number of aliphatic hydroxyl groups excluding tert-OH is 1. The molecule has 0 aromatic heterocycles. The van der Waals surface area contributed by atoms with E-state index in [0.29, 0.717) is 12.8 Å². The van der Waals surface area contributed by atoms with Crippen molar-refractivity contribution in [3.05, 3.63) is 69.3 Å². The number of hydroxylamine groups is 2. The quantitative estimate of drug-likeness (QED) is 0.0862. The number of unbranched alkanes of at least 4 members (excludes halogenated alkanes) is 4. The van der Waals surface area contributed by atoms with Crippen molar-refractivity contribution in [3.63, 3.8) is 0 Å². The van der Waals surface area contributed by atoms with Crippen LogP contribution in [0.4, 0.5) is 0 Å². The Balaban J connectivity index is 1.36. The van der Waals surface area contributed by atoms with Crippen LogP contribution in [0.2, 0.25) is 0 Å². The molecule has 2 N–H and O–H groups in total. The van der Waals surface area contributed by atoms with Gasteiger partial charge in [0.25, 0.3) is 0 Å². The minimum atomic E-state index is -1.49. The minimum Gasteiger partial charge on any atom is -0.460 e. The third-order valence-electron chi connectivity index (χ3n) is 12.2. The lowest BCUT2D eigenvalue weighted by Crippen LogP contribution is -2.70. The minimum absolute atomic E-state index is 0.0203. The van der Waals surface area contributed by atoms with Gasteiger partial charge < -0.3 is 34.3 Å². The van der Waals surface area contributed by atoms with Crippen LogP contribution in [0.15, 0.2) is 54.6 Å². The van der Waals surface area contributed by atoms with Crippen LogP contribution in [0.5, 0.6) is 0 Å². The fourth-order valence-electron chi connectivity index (χ4n) is 9.40. The van der Waals surface area contributed by atoms with Gasteiger partial charge in [0.1, 0.15) is 41.5 Å². The molecule has 2 aromatic carbocycles. The van der Waals surface area contributed by atoms with E-state index in [1.807, 2.05) is 54.6 Å². The lowest BCUT2D eigenvalue weighted by atomic mass is 9.62. The van der Waals surface area contributed by atoms with Gasteiger partial charge in [-0.3, -0.25) is 24.0 Å². The number of esters is 2. The lowest BCUT2D eigenvalue weighted by molar-refractivity contribution is -0.225. The number of likely N-dealkylation sites (N-methyl/N-ethyl adjacent to an activating group) is 1. The van der Waals surface area contributed by atoms with Crippen molar-refractivity contribution in [2.45, 2.75) is 172 Å². The summed E-state index contributed by atoms with van der Waals surface area (Å²) in [7, 11) is 1.59. The molecule has 6 rings (SSSR count). The number of rotatable bonds is 20. The molecule has 330 valence electrons. The number of hydrogen-bond donors (Lipinski definition) is 2. The zero-order chi connectivity index (χ0) is 43.2. The van der Waals surface area contributed by atoms with Crippen LogP contribution in [0, 0.1) is 8.99 Å². The third-order valence-corrected chi connectivity index (χ3v) is 12.9. The highest BCUT2D eigenvalue weighted by Gasteiger charge is 2.76. The Morgan fingerprint density at radius 1 is 0.983 bits per heavy atom. The summed E-state index contributed by atoms with van der Waals surface area (Å²) in [4.78, 5) is 65.6. The summed E-state index contributed by atoms with van der Waals surface area (Å²) in [5, 5.41) is 14.9. The lowest BCUT2D eigenvalue weighted by Gasteiger charge is -2.50. The number of halogens is 1. The average Bonchev–Trinajstić information content (AvgIpc) is 3.76. The molecule has 0 spiro atoms. The molecule has 14 heteroatoms. The van der Waals surface area contributed by atoms with Crippen LogP contribution in [0.3, 0.4) is 0 Å². The molecule has 2 aromatic rings. The smallest absolute Gasteiger partial charge is 0.327 e. The molecule has 2 bridgehead atoms. The summed E-state index contributed by atoms with van der Waals surface area (Å²) in [6.07, 6.45) is 4.53. The van der Waals surface area contributed by atoms with Crippen LogP contribution in [0.25, 0.3) is 0 Å². The number of nitrogens with one attached hydrogen (secondary N) is 1. The molecule has 13 nitrogen and oxygen atoms in total. The van der Waals surface area contributed by atoms with E-state index >= 15 is 4.79 Å². The summed E-state index contributed by atoms with van der Waals surface area (Å²) in [6.45, 7) is 9.42. The number of benzene rings is 2. The normalized spacial score (nSPS) is 26.5. The second-order valence-corrected chi connectivity index (χ2v) is 19.2. The Morgan fingerprint density at radius 3 is 2.28 bits per heavy atom. The first-order valence-corrected chi connectivity index (χ1v) is 22.9. The molecule has 2 amide bonds. The fraction of sp³-hybridized carbons (Fsp3) is 0.652. The fourth-order valence-corrected chi connectivity index (χ4v) is 10.0. The number of hydrogen-bond acceptors (Lipinski definition) is 11. The van der Waals surface area contributed by atoms with Gasteiger partial charge in [0.05, 0.1) is 19.2 Å². The van der Waals surface area contributed by atoms with Gasteiger partial charge in [0.2, 0.25) is 11.8 Å². The number of fused-ring (bicyclic) bond motifs is 4. The molecule has 1 aliphatic carbocycles. The Hall–Kier alpha value is -3.15. The third kappa shape index (κ3) is 10.4. The molecule has 8 atom stereocenters. The van der Waals surface area contributed by atoms with Crippen LogP contribution in [0.1, 0.15) is 116 Å². The van der Waals surface area contributed by atoms with Gasteiger partial charge in [-0.2, -0.15) is 5.06 Å².